The van der Waals surface area contributed by atoms with Gasteiger partial charge in [0.2, 0.25) is 15.9 Å². The summed E-state index contributed by atoms with van der Waals surface area (Å²) < 4.78 is 114. The zero-order valence-electron chi connectivity index (χ0n) is 29.3. The largest absolute Gasteiger partial charge is 0.490 e. The van der Waals surface area contributed by atoms with Gasteiger partial charge in [0.25, 0.3) is 5.92 Å². The van der Waals surface area contributed by atoms with E-state index in [-0.39, 0.29) is 29.1 Å². The predicted molar refractivity (Wildman–Crippen MR) is 191 cm³/mol. The maximum absolute atomic E-state index is 16.6. The zero-order valence-corrected chi connectivity index (χ0v) is 30.1. The van der Waals surface area contributed by atoms with E-state index in [0.717, 1.165) is 31.1 Å². The lowest BCUT2D eigenvalue weighted by atomic mass is 9.94. The number of fused-ring (bicyclic) bond motifs is 3. The van der Waals surface area contributed by atoms with E-state index in [1.54, 1.807) is 18.2 Å². The molecule has 2 saturated heterocycles. The molecule has 3 fully saturated rings. The number of aliphatic carboxylic acids is 1. The Hall–Kier alpha value is -4.67. The van der Waals surface area contributed by atoms with E-state index in [0.29, 0.717) is 47.9 Å². The minimum Gasteiger partial charge on any atom is -0.490 e. The predicted octanol–water partition coefficient (Wildman–Crippen LogP) is 7.52. The zero-order chi connectivity index (χ0) is 39.7. The van der Waals surface area contributed by atoms with Gasteiger partial charge in [0, 0.05) is 23.7 Å². The van der Waals surface area contributed by atoms with Crippen molar-refractivity contribution in [2.75, 3.05) is 0 Å². The highest BCUT2D eigenvalue weighted by atomic mass is 32.2. The van der Waals surface area contributed by atoms with Crippen LogP contribution in [-0.4, -0.2) is 66.7 Å². The summed E-state index contributed by atoms with van der Waals surface area (Å²) in [5.41, 5.74) is 6.85. The number of nitrogens with zero attached hydrogens (tertiary/aromatic N) is 1. The molecule has 1 saturated carbocycles. The van der Waals surface area contributed by atoms with Gasteiger partial charge in [-0.2, -0.15) is 26.7 Å². The van der Waals surface area contributed by atoms with Gasteiger partial charge in [-0.05, 0) is 110 Å². The Kier molecular flexibility index (Phi) is 11.5. The lowest BCUT2D eigenvalue weighted by Crippen LogP contribution is -2.60. The molecule has 16 heteroatoms. The molecule has 7 rings (SSSR count). The van der Waals surface area contributed by atoms with Crippen molar-refractivity contribution in [2.24, 2.45) is 5.73 Å². The Bertz CT molecular complexity index is 2110. The maximum atomic E-state index is 16.6. The molecule has 2 heterocycles. The molecular formula is C39H39F6N3O6S. The monoisotopic (exact) mass is 791 g/mol. The van der Waals surface area contributed by atoms with Crippen LogP contribution in [-0.2, 0) is 25.5 Å². The first kappa shape index (κ1) is 40.0. The average Bonchev–Trinajstić information content (AvgIpc) is 3.75. The van der Waals surface area contributed by atoms with Crippen molar-refractivity contribution in [2.45, 2.75) is 98.6 Å². The molecule has 4 aromatic carbocycles. The van der Waals surface area contributed by atoms with Crippen LogP contribution in [0.3, 0.4) is 0 Å². The van der Waals surface area contributed by atoms with Gasteiger partial charge < -0.3 is 20.5 Å². The fourth-order valence-corrected chi connectivity index (χ4v) is 8.79. The molecule has 2 bridgehead atoms. The summed E-state index contributed by atoms with van der Waals surface area (Å²) in [5, 5.41) is 8.45. The van der Waals surface area contributed by atoms with Gasteiger partial charge in [-0.15, -0.1) is 0 Å². The van der Waals surface area contributed by atoms with E-state index in [1.165, 1.54) is 65.6 Å². The Morgan fingerprint density at radius 1 is 0.800 bits per heavy atom. The molecular weight excluding hydrogens is 752 g/mol. The third-order valence-electron chi connectivity index (χ3n) is 10.3. The standard InChI is InChI=1S/C37H38F3N3O4S.C2HF3O2/c38-28-13-7-24(8-14-28)23-5-11-27(12-6-23)37(39,40)35(36(44)43-30-15-16-31(43)22-29(41)21-30)42-48(45,46)34-18-10-25-19-33(17-9-26(25)20-34)47-32-3-1-2-4-32;3-2(4,5)1(6)7/h5-14,17-20,29-32,35,42H,1-4,15-16,21-22,41H2;(H,6,7). The van der Waals surface area contributed by atoms with E-state index in [2.05, 4.69) is 4.72 Å². The summed E-state index contributed by atoms with van der Waals surface area (Å²) in [4.78, 5) is 24.2. The highest BCUT2D eigenvalue weighted by Gasteiger charge is 2.53. The number of rotatable bonds is 9. The van der Waals surface area contributed by atoms with Gasteiger partial charge in [-0.25, -0.2) is 17.6 Å². The summed E-state index contributed by atoms with van der Waals surface area (Å²) in [6, 6.07) is 17.4. The molecule has 55 heavy (non-hydrogen) atoms. The second-order valence-corrected chi connectivity index (χ2v) is 15.8. The molecule has 3 atom stereocenters. The molecule has 4 aromatic rings. The van der Waals surface area contributed by atoms with Crippen LogP contribution >= 0.6 is 0 Å². The summed E-state index contributed by atoms with van der Waals surface area (Å²) in [5.74, 6) is -7.39. The first-order valence-corrected chi connectivity index (χ1v) is 19.3. The van der Waals surface area contributed by atoms with Gasteiger partial charge in [0.15, 0.2) is 6.04 Å². The number of hydrogen-bond acceptors (Lipinski definition) is 6. The van der Waals surface area contributed by atoms with Gasteiger partial charge in [-0.1, -0.05) is 48.5 Å². The number of amides is 1. The van der Waals surface area contributed by atoms with E-state index in [4.69, 9.17) is 20.4 Å². The third kappa shape index (κ3) is 9.08. The molecule has 294 valence electrons. The van der Waals surface area contributed by atoms with Crippen LogP contribution in [0.25, 0.3) is 21.9 Å². The molecule has 0 spiro atoms. The number of ether oxygens (including phenoxy) is 1. The lowest BCUT2D eigenvalue weighted by Gasteiger charge is -2.41. The number of sulfonamides is 1. The molecule has 1 amide bonds. The van der Waals surface area contributed by atoms with Crippen LogP contribution < -0.4 is 15.2 Å². The fourth-order valence-electron chi connectivity index (χ4n) is 7.57. The van der Waals surface area contributed by atoms with Crippen LogP contribution in [0.1, 0.15) is 56.9 Å². The van der Waals surface area contributed by atoms with Crippen molar-refractivity contribution < 1.29 is 54.2 Å². The first-order chi connectivity index (χ1) is 25.9. The minimum absolute atomic E-state index is 0.150. The number of hydrogen-bond donors (Lipinski definition) is 3. The molecule has 1 aliphatic carbocycles. The number of carboxylic acids is 1. The molecule has 2 aliphatic heterocycles. The minimum atomic E-state index is -5.08. The van der Waals surface area contributed by atoms with Crippen LogP contribution in [0, 0.1) is 5.82 Å². The van der Waals surface area contributed by atoms with E-state index < -0.39 is 51.4 Å². The van der Waals surface area contributed by atoms with Crippen molar-refractivity contribution in [3.8, 4) is 16.9 Å². The van der Waals surface area contributed by atoms with Gasteiger partial charge in [0.1, 0.15) is 11.6 Å². The van der Waals surface area contributed by atoms with Crippen molar-refractivity contribution in [3.05, 3.63) is 96.3 Å². The Labute approximate surface area is 313 Å². The number of nitrogens with one attached hydrogen (secondary N) is 1. The number of halogens is 6. The third-order valence-corrected chi connectivity index (χ3v) is 11.7. The first-order valence-electron chi connectivity index (χ1n) is 17.8. The summed E-state index contributed by atoms with van der Waals surface area (Å²) >= 11 is 0. The second-order valence-electron chi connectivity index (χ2n) is 14.1. The fraction of sp³-hybridized carbons (Fsp3) is 0.385. The lowest BCUT2D eigenvalue weighted by molar-refractivity contribution is -0.192. The van der Waals surface area contributed by atoms with E-state index in [1.807, 2.05) is 6.07 Å². The summed E-state index contributed by atoms with van der Waals surface area (Å²) in [6.45, 7) is 0. The van der Waals surface area contributed by atoms with E-state index >= 15 is 8.78 Å². The average molecular weight is 792 g/mol. The maximum Gasteiger partial charge on any atom is 0.490 e. The number of benzene rings is 4. The van der Waals surface area contributed by atoms with Crippen molar-refractivity contribution in [3.63, 3.8) is 0 Å². The molecule has 0 aromatic heterocycles. The molecule has 3 unspecified atom stereocenters. The Morgan fingerprint density at radius 2 is 1.33 bits per heavy atom. The van der Waals surface area contributed by atoms with Crippen LogP contribution in [0.2, 0.25) is 0 Å². The number of alkyl halides is 5. The highest BCUT2D eigenvalue weighted by Crippen LogP contribution is 2.40. The normalized spacial score (nSPS) is 20.9. The topological polar surface area (TPSA) is 139 Å². The number of piperidine rings is 1. The molecule has 9 nitrogen and oxygen atoms in total. The molecule has 3 aliphatic rings. The van der Waals surface area contributed by atoms with Crippen LogP contribution in [0.4, 0.5) is 26.3 Å². The highest BCUT2D eigenvalue weighted by molar-refractivity contribution is 7.89. The van der Waals surface area contributed by atoms with Gasteiger partial charge in [0.05, 0.1) is 11.0 Å². The number of carbonyl (C=O) groups excluding carboxylic acids is 1. The second kappa shape index (κ2) is 15.8. The van der Waals surface area contributed by atoms with Crippen molar-refractivity contribution >= 4 is 32.7 Å². The van der Waals surface area contributed by atoms with Crippen molar-refractivity contribution in [1.82, 2.24) is 9.62 Å². The molecule has 4 N–H and O–H groups in total. The summed E-state index contributed by atoms with van der Waals surface area (Å²) in [6.07, 6.45) is 1.51. The Morgan fingerprint density at radius 3 is 1.89 bits per heavy atom. The number of carboxylic acid groups (broad SMARTS) is 1. The Balaban J connectivity index is 0.000000672. The smallest absolute Gasteiger partial charge is 0.490 e. The number of carbonyl (C=O) groups is 2. The van der Waals surface area contributed by atoms with Crippen LogP contribution in [0.15, 0.2) is 89.8 Å². The van der Waals surface area contributed by atoms with E-state index in [9.17, 15) is 30.8 Å². The number of nitrogens with two attached hydrogens (primary N) is 1. The van der Waals surface area contributed by atoms with Gasteiger partial charge in [-0.3, -0.25) is 4.79 Å². The van der Waals surface area contributed by atoms with Crippen molar-refractivity contribution in [1.29, 1.82) is 0 Å². The van der Waals surface area contributed by atoms with Crippen LogP contribution in [0.5, 0.6) is 5.75 Å². The molecule has 0 radical (unpaired) electrons. The quantitative estimate of drug-likeness (QED) is 0.149. The summed E-state index contributed by atoms with van der Waals surface area (Å²) in [7, 11) is -4.60. The SMILES string of the molecule is NC1CC2CCC(C1)N2C(=O)C(NS(=O)(=O)c1ccc2cc(OC3CCCC3)ccc2c1)C(F)(F)c1ccc(-c2ccc(F)cc2)cc1.O=C(O)C(F)(F)F. The van der Waals surface area contributed by atoms with Gasteiger partial charge >= 0.3 is 12.1 Å².